The first-order valence-corrected chi connectivity index (χ1v) is 18.6. The molecule has 0 aromatic heterocycles. The third kappa shape index (κ3) is 5.99. The lowest BCUT2D eigenvalue weighted by Gasteiger charge is -2.27. The van der Waals surface area contributed by atoms with Crippen LogP contribution in [0.3, 0.4) is 0 Å². The highest BCUT2D eigenvalue weighted by atomic mass is 31.1. The van der Waals surface area contributed by atoms with Crippen LogP contribution in [0.5, 0.6) is 0 Å². The molecule has 44 heavy (non-hydrogen) atoms. The molecule has 0 spiro atoms. The van der Waals surface area contributed by atoms with Crippen LogP contribution in [0, 0.1) is 41.5 Å². The van der Waals surface area contributed by atoms with E-state index >= 15 is 0 Å². The Labute approximate surface area is 269 Å². The van der Waals surface area contributed by atoms with E-state index in [1.807, 2.05) is 0 Å². The molecule has 0 N–H and O–H groups in total. The highest BCUT2D eigenvalue weighted by Crippen LogP contribution is 2.37. The van der Waals surface area contributed by atoms with Gasteiger partial charge < -0.3 is 0 Å². The maximum absolute atomic E-state index is 2.44. The lowest BCUT2D eigenvalue weighted by molar-refractivity contribution is 1.34. The fraction of sp³-hybridized carbons (Fsp3) is 0.143. The zero-order valence-corrected chi connectivity index (χ0v) is 28.8. The Morgan fingerprint density at radius 2 is 0.795 bits per heavy atom. The second-order valence-electron chi connectivity index (χ2n) is 12.2. The van der Waals surface area contributed by atoms with Gasteiger partial charge >= 0.3 is 14.1 Å². The van der Waals surface area contributed by atoms with Crippen molar-refractivity contribution in [3.05, 3.63) is 167 Å². The zero-order valence-electron chi connectivity index (χ0n) is 26.7. The molecule has 6 aromatic carbocycles. The first-order valence-electron chi connectivity index (χ1n) is 15.6. The number of benzene rings is 6. The summed E-state index contributed by atoms with van der Waals surface area (Å²) in [7, 11) is -0.749. The second kappa shape index (κ2) is 13.1. The molecule has 0 nitrogen and oxygen atoms in total. The summed E-state index contributed by atoms with van der Waals surface area (Å²) in [6, 6.07) is 50.2. The van der Waals surface area contributed by atoms with Crippen molar-refractivity contribution in [2.45, 2.75) is 41.5 Å². The molecule has 0 radical (unpaired) electrons. The van der Waals surface area contributed by atoms with Crippen molar-refractivity contribution in [1.29, 1.82) is 0 Å². The quantitative estimate of drug-likeness (QED) is 0.131. The molecule has 0 unspecified atom stereocenters. The van der Waals surface area contributed by atoms with Crippen LogP contribution in [-0.4, -0.2) is 14.1 Å². The average molecular weight is 603 g/mol. The maximum Gasteiger partial charge on any atom is 0.386 e. The molecule has 0 aliphatic carbocycles. The van der Waals surface area contributed by atoms with Gasteiger partial charge in [0.25, 0.3) is 0 Å². The predicted octanol–water partition coefficient (Wildman–Crippen LogP) is 7.48. The van der Waals surface area contributed by atoms with Crippen molar-refractivity contribution in [1.82, 2.24) is 0 Å². The molecule has 0 saturated heterocycles. The van der Waals surface area contributed by atoms with Crippen LogP contribution in [-0.2, 0) is 0 Å². The minimum absolute atomic E-state index is 0.749. The first-order chi connectivity index (χ1) is 21.3. The summed E-state index contributed by atoms with van der Waals surface area (Å²) in [6.07, 6.45) is 0. The van der Waals surface area contributed by atoms with E-state index in [9.17, 15) is 0 Å². The molecule has 0 amide bonds. The van der Waals surface area contributed by atoms with E-state index in [1.54, 1.807) is 8.85 Å². The summed E-state index contributed by atoms with van der Waals surface area (Å²) in [5.74, 6) is 0. The number of hydrogen-bond acceptors (Lipinski definition) is 0. The fourth-order valence-corrected chi connectivity index (χ4v) is 13.6. The van der Waals surface area contributed by atoms with Gasteiger partial charge in [0.05, 0.1) is 0 Å². The van der Waals surface area contributed by atoms with E-state index in [1.165, 1.54) is 64.8 Å². The molecular weight excluding hydrogens is 562 g/mol. The molecule has 0 saturated carbocycles. The Kier molecular flexibility index (Phi) is 9.03. The van der Waals surface area contributed by atoms with Gasteiger partial charge in [-0.25, -0.2) is 0 Å². The Morgan fingerprint density at radius 3 is 1.27 bits per heavy atom. The van der Waals surface area contributed by atoms with Gasteiger partial charge in [-0.15, -0.1) is 0 Å². The van der Waals surface area contributed by atoms with E-state index in [-0.39, 0.29) is 0 Å². The standard InChI is InChI=1S/C24H18P.2C9H11.Al/c1-4-12-20(13-5-1)23-18-10-11-19-24(23)25(21-14-6-2-7-15-21)22-16-8-3-9-17-22;2*1-7-4-8(2)6-9(3)5-7;/h1-12,14-19H;2*4-5H,1-3H3;. The number of aryl methyl sites for hydroxylation is 6. The van der Waals surface area contributed by atoms with Gasteiger partial charge in [0, 0.05) is 0 Å². The van der Waals surface area contributed by atoms with Gasteiger partial charge in [-0.05, 0) is 76.5 Å². The minimum Gasteiger partial charge on any atom is -0.0929 e. The van der Waals surface area contributed by atoms with Crippen LogP contribution < -0.4 is 29.2 Å². The van der Waals surface area contributed by atoms with E-state index in [0.29, 0.717) is 0 Å². The van der Waals surface area contributed by atoms with Crippen LogP contribution in [0.2, 0.25) is 0 Å². The number of rotatable bonds is 7. The van der Waals surface area contributed by atoms with Gasteiger partial charge in [-0.1, -0.05) is 180 Å². The SMILES string of the molecule is Cc1cc(C)[c]([Al]([c]2ccccc2-c2ccccc2P(c2ccccc2)c2ccccc2)[c]2c(C)cc(C)cc2C)c(C)c1. The molecule has 2 heteroatoms. The Bertz CT molecular complexity index is 1780. The van der Waals surface area contributed by atoms with Gasteiger partial charge in [0.2, 0.25) is 0 Å². The Morgan fingerprint density at radius 1 is 0.409 bits per heavy atom. The summed E-state index contributed by atoms with van der Waals surface area (Å²) >= 11 is -1.91. The lowest BCUT2D eigenvalue weighted by Crippen LogP contribution is -2.56. The Hall–Kier alpha value is -3.72. The fourth-order valence-electron chi connectivity index (χ4n) is 7.22. The summed E-state index contributed by atoms with van der Waals surface area (Å²) in [4.78, 5) is 0. The molecule has 6 rings (SSSR count). The summed E-state index contributed by atoms with van der Waals surface area (Å²) in [5, 5.41) is 4.17. The van der Waals surface area contributed by atoms with E-state index in [4.69, 9.17) is 0 Å². The zero-order chi connectivity index (χ0) is 30.8. The van der Waals surface area contributed by atoms with Crippen molar-refractivity contribution >= 4 is 51.3 Å². The normalized spacial score (nSPS) is 11.2. The van der Waals surface area contributed by atoms with Crippen molar-refractivity contribution < 1.29 is 0 Å². The minimum atomic E-state index is -1.91. The van der Waals surface area contributed by atoms with Gasteiger partial charge in [-0.2, -0.15) is 0 Å². The second-order valence-corrected chi connectivity index (χ2v) is 17.0. The molecule has 216 valence electrons. The van der Waals surface area contributed by atoms with Crippen LogP contribution in [0.4, 0.5) is 0 Å². The molecular formula is C42H40AlP. The predicted molar refractivity (Wildman–Crippen MR) is 197 cm³/mol. The molecule has 0 fully saturated rings. The highest BCUT2D eigenvalue weighted by molar-refractivity contribution is 7.80. The van der Waals surface area contributed by atoms with E-state index in [0.717, 1.165) is 0 Å². The van der Waals surface area contributed by atoms with Crippen LogP contribution in [0.15, 0.2) is 133 Å². The summed E-state index contributed by atoms with van der Waals surface area (Å²) in [6.45, 7) is 13.8. The summed E-state index contributed by atoms with van der Waals surface area (Å²) in [5.41, 5.74) is 11.1. The average Bonchev–Trinajstić information content (AvgIpc) is 3.01. The molecule has 6 aromatic rings. The van der Waals surface area contributed by atoms with Gasteiger partial charge in [0.15, 0.2) is 0 Å². The van der Waals surface area contributed by atoms with Crippen molar-refractivity contribution in [3.8, 4) is 11.1 Å². The molecule has 0 bridgehead atoms. The molecule has 0 heterocycles. The van der Waals surface area contributed by atoms with Crippen LogP contribution in [0.25, 0.3) is 11.1 Å². The van der Waals surface area contributed by atoms with Crippen molar-refractivity contribution in [3.63, 3.8) is 0 Å². The van der Waals surface area contributed by atoms with Gasteiger partial charge in [0.1, 0.15) is 0 Å². The smallest absolute Gasteiger partial charge is 0.0929 e. The van der Waals surface area contributed by atoms with E-state index in [2.05, 4.69) is 175 Å². The lowest BCUT2D eigenvalue weighted by atomic mass is 10.1. The first kappa shape index (κ1) is 30.3. The van der Waals surface area contributed by atoms with Crippen LogP contribution >= 0.6 is 7.92 Å². The molecule has 0 aliphatic heterocycles. The Balaban J connectivity index is 1.65. The molecule has 0 atom stereocenters. The third-order valence-corrected chi connectivity index (χ3v) is 15.4. The monoisotopic (exact) mass is 602 g/mol. The van der Waals surface area contributed by atoms with E-state index < -0.39 is 22.1 Å². The van der Waals surface area contributed by atoms with Crippen LogP contribution in [0.1, 0.15) is 33.4 Å². The van der Waals surface area contributed by atoms with Gasteiger partial charge in [-0.3, -0.25) is 0 Å². The number of hydrogen-bond donors (Lipinski definition) is 0. The van der Waals surface area contributed by atoms with Crippen molar-refractivity contribution in [2.24, 2.45) is 0 Å². The molecule has 0 aliphatic rings. The topological polar surface area (TPSA) is 0 Å². The highest BCUT2D eigenvalue weighted by Gasteiger charge is 2.34. The van der Waals surface area contributed by atoms with Crippen molar-refractivity contribution in [2.75, 3.05) is 0 Å². The summed E-state index contributed by atoms with van der Waals surface area (Å²) < 4.78 is 4.62. The third-order valence-electron chi connectivity index (χ3n) is 8.79. The largest absolute Gasteiger partial charge is 0.386 e. The maximum atomic E-state index is 2.44.